The molecule has 26 heavy (non-hydrogen) atoms. The van der Waals surface area contributed by atoms with E-state index in [4.69, 9.17) is 4.42 Å². The molecular weight excluding hydrogens is 322 g/mol. The Bertz CT molecular complexity index is 1240. The van der Waals surface area contributed by atoms with Gasteiger partial charge in [0.15, 0.2) is 5.58 Å². The third-order valence-electron chi connectivity index (χ3n) is 4.59. The number of phenols is 1. The molecule has 5 aromatic rings. The summed E-state index contributed by atoms with van der Waals surface area (Å²) in [5, 5.41) is 12.4. The van der Waals surface area contributed by atoms with Crippen LogP contribution in [0.4, 0.5) is 0 Å². The zero-order valence-electron chi connectivity index (χ0n) is 13.9. The molecule has 4 aromatic carbocycles. The summed E-state index contributed by atoms with van der Waals surface area (Å²) in [7, 11) is 0. The molecule has 0 atom stereocenters. The molecule has 0 aliphatic heterocycles. The Hall–Kier alpha value is -3.59. The first-order valence-electron chi connectivity index (χ1n) is 8.46. The maximum Gasteiger partial charge on any atom is 0.231 e. The lowest BCUT2D eigenvalue weighted by molar-refractivity contribution is 0.475. The lowest BCUT2D eigenvalue weighted by Gasteiger charge is -2.03. The van der Waals surface area contributed by atoms with E-state index in [1.165, 1.54) is 0 Å². The number of fused-ring (bicyclic) bond motifs is 2. The summed E-state index contributed by atoms with van der Waals surface area (Å²) in [6, 6.07) is 27.7. The van der Waals surface area contributed by atoms with Gasteiger partial charge in [-0.15, -0.1) is 0 Å². The predicted octanol–water partition coefficient (Wildman–Crippen LogP) is 6.02. The smallest absolute Gasteiger partial charge is 0.231 e. The van der Waals surface area contributed by atoms with Crippen LogP contribution in [0.2, 0.25) is 0 Å². The van der Waals surface area contributed by atoms with Gasteiger partial charge in [0.1, 0.15) is 11.3 Å². The molecule has 1 aromatic heterocycles. The molecule has 0 fully saturated rings. The van der Waals surface area contributed by atoms with Crippen LogP contribution < -0.4 is 0 Å². The van der Waals surface area contributed by atoms with Crippen LogP contribution in [0, 0.1) is 0 Å². The minimum atomic E-state index is 0.165. The average Bonchev–Trinajstić information content (AvgIpc) is 3.11. The molecule has 0 amide bonds. The van der Waals surface area contributed by atoms with E-state index in [9.17, 15) is 5.11 Å². The molecule has 3 nitrogen and oxygen atoms in total. The summed E-state index contributed by atoms with van der Waals surface area (Å²) in [5.41, 5.74) is 4.29. The van der Waals surface area contributed by atoms with Gasteiger partial charge in [0.25, 0.3) is 0 Å². The van der Waals surface area contributed by atoms with E-state index < -0.39 is 0 Å². The summed E-state index contributed by atoms with van der Waals surface area (Å²) in [5.74, 6) is 0.590. The second-order valence-corrected chi connectivity index (χ2v) is 6.28. The van der Waals surface area contributed by atoms with Crippen molar-refractivity contribution in [3.63, 3.8) is 0 Å². The Morgan fingerprint density at radius 3 is 2.23 bits per heavy atom. The van der Waals surface area contributed by atoms with Gasteiger partial charge in [0.2, 0.25) is 5.89 Å². The molecule has 0 aliphatic carbocycles. The highest BCUT2D eigenvalue weighted by Gasteiger charge is 2.14. The summed E-state index contributed by atoms with van der Waals surface area (Å²) < 4.78 is 5.90. The van der Waals surface area contributed by atoms with Crippen molar-refractivity contribution in [2.75, 3.05) is 0 Å². The lowest BCUT2D eigenvalue weighted by atomic mass is 10.1. The molecule has 0 saturated carbocycles. The second kappa shape index (κ2) is 5.74. The van der Waals surface area contributed by atoms with Gasteiger partial charge in [0.05, 0.1) is 5.56 Å². The number of phenolic OH excluding ortho intramolecular Hbond substituents is 1. The Labute approximate surface area is 150 Å². The summed E-state index contributed by atoms with van der Waals surface area (Å²) >= 11 is 0. The number of aromatic nitrogens is 1. The number of hydrogen-bond donors (Lipinski definition) is 1. The van der Waals surface area contributed by atoms with Crippen LogP contribution in [0.25, 0.3) is 44.5 Å². The second-order valence-electron chi connectivity index (χ2n) is 6.28. The van der Waals surface area contributed by atoms with Crippen molar-refractivity contribution in [1.29, 1.82) is 0 Å². The highest BCUT2D eigenvalue weighted by atomic mass is 16.3. The van der Waals surface area contributed by atoms with Gasteiger partial charge in [-0.2, -0.15) is 0 Å². The quantitative estimate of drug-likeness (QED) is 0.428. The van der Waals surface area contributed by atoms with Crippen molar-refractivity contribution >= 4 is 21.9 Å². The maximum atomic E-state index is 10.4. The van der Waals surface area contributed by atoms with Crippen molar-refractivity contribution in [2.24, 2.45) is 0 Å². The molecule has 1 heterocycles. The van der Waals surface area contributed by atoms with Crippen molar-refractivity contribution in [3.05, 3.63) is 84.9 Å². The number of rotatable bonds is 2. The van der Waals surface area contributed by atoms with E-state index in [0.29, 0.717) is 17.0 Å². The summed E-state index contributed by atoms with van der Waals surface area (Å²) in [6.45, 7) is 0. The number of nitrogens with zero attached hydrogens (tertiary/aromatic N) is 1. The van der Waals surface area contributed by atoms with E-state index in [0.717, 1.165) is 27.4 Å². The van der Waals surface area contributed by atoms with E-state index >= 15 is 0 Å². The largest absolute Gasteiger partial charge is 0.507 e. The molecule has 1 N–H and O–H groups in total. The molecule has 3 heteroatoms. The molecular formula is C23H15NO2. The molecule has 0 bridgehead atoms. The Morgan fingerprint density at radius 1 is 0.692 bits per heavy atom. The first-order chi connectivity index (χ1) is 12.8. The van der Waals surface area contributed by atoms with Gasteiger partial charge >= 0.3 is 0 Å². The fourth-order valence-corrected chi connectivity index (χ4v) is 3.25. The van der Waals surface area contributed by atoms with Crippen LogP contribution in [-0.2, 0) is 0 Å². The van der Waals surface area contributed by atoms with E-state index in [1.807, 2.05) is 66.7 Å². The Kier molecular flexibility index (Phi) is 3.25. The number of benzene rings is 4. The normalized spacial score (nSPS) is 11.2. The summed E-state index contributed by atoms with van der Waals surface area (Å²) in [4.78, 5) is 4.61. The fraction of sp³-hybridized carbons (Fsp3) is 0. The Balaban J connectivity index is 1.65. The van der Waals surface area contributed by atoms with E-state index in [1.54, 1.807) is 6.07 Å². The fourth-order valence-electron chi connectivity index (χ4n) is 3.25. The topological polar surface area (TPSA) is 46.3 Å². The monoisotopic (exact) mass is 337 g/mol. The lowest BCUT2D eigenvalue weighted by Crippen LogP contribution is -1.81. The molecule has 0 saturated heterocycles. The minimum absolute atomic E-state index is 0.165. The maximum absolute atomic E-state index is 10.4. The van der Waals surface area contributed by atoms with Crippen molar-refractivity contribution < 1.29 is 9.52 Å². The standard InChI is InChI=1S/C23H15NO2/c25-21-14-17-9-5-4-8-16(17)12-19(21)23-24-20-13-18(10-11-22(20)26-23)15-6-2-1-3-7-15/h1-14,25H. The zero-order valence-corrected chi connectivity index (χ0v) is 13.9. The molecule has 0 unspecified atom stereocenters. The van der Waals surface area contributed by atoms with Gasteiger partial charge in [-0.05, 0) is 46.2 Å². The highest BCUT2D eigenvalue weighted by Crippen LogP contribution is 2.35. The summed E-state index contributed by atoms with van der Waals surface area (Å²) in [6.07, 6.45) is 0. The number of hydrogen-bond acceptors (Lipinski definition) is 3. The molecule has 5 rings (SSSR count). The molecule has 0 aliphatic rings. The first kappa shape index (κ1) is 14.7. The van der Waals surface area contributed by atoms with Gasteiger partial charge in [0, 0.05) is 0 Å². The van der Waals surface area contributed by atoms with Gasteiger partial charge in [-0.3, -0.25) is 0 Å². The van der Waals surface area contributed by atoms with Crippen LogP contribution in [0.5, 0.6) is 5.75 Å². The SMILES string of the molecule is Oc1cc2ccccc2cc1-c1nc2cc(-c3ccccc3)ccc2o1. The predicted molar refractivity (Wildman–Crippen MR) is 104 cm³/mol. The van der Waals surface area contributed by atoms with Gasteiger partial charge in [-0.25, -0.2) is 4.98 Å². The third-order valence-corrected chi connectivity index (χ3v) is 4.59. The zero-order chi connectivity index (χ0) is 17.5. The van der Waals surface area contributed by atoms with Crippen molar-refractivity contribution in [1.82, 2.24) is 4.98 Å². The van der Waals surface area contributed by atoms with Crippen molar-refractivity contribution in [3.8, 4) is 28.3 Å². The van der Waals surface area contributed by atoms with Crippen LogP contribution in [0.3, 0.4) is 0 Å². The van der Waals surface area contributed by atoms with E-state index in [-0.39, 0.29) is 5.75 Å². The van der Waals surface area contributed by atoms with Crippen LogP contribution in [0.1, 0.15) is 0 Å². The van der Waals surface area contributed by atoms with Crippen molar-refractivity contribution in [2.45, 2.75) is 0 Å². The van der Waals surface area contributed by atoms with Crippen LogP contribution in [0.15, 0.2) is 89.3 Å². The minimum Gasteiger partial charge on any atom is -0.507 e. The average molecular weight is 337 g/mol. The highest BCUT2D eigenvalue weighted by molar-refractivity contribution is 5.90. The van der Waals surface area contributed by atoms with E-state index in [2.05, 4.69) is 17.1 Å². The number of aromatic hydroxyl groups is 1. The third kappa shape index (κ3) is 2.42. The molecule has 0 radical (unpaired) electrons. The molecule has 0 spiro atoms. The molecule has 124 valence electrons. The Morgan fingerprint density at radius 2 is 1.42 bits per heavy atom. The van der Waals surface area contributed by atoms with Gasteiger partial charge < -0.3 is 9.52 Å². The first-order valence-corrected chi connectivity index (χ1v) is 8.46. The van der Waals surface area contributed by atoms with Crippen LogP contribution >= 0.6 is 0 Å². The van der Waals surface area contributed by atoms with Gasteiger partial charge in [-0.1, -0.05) is 60.7 Å². The van der Waals surface area contributed by atoms with Crippen LogP contribution in [-0.4, -0.2) is 10.1 Å². The number of oxazole rings is 1.